The van der Waals surface area contributed by atoms with Gasteiger partial charge in [0.15, 0.2) is 5.69 Å². The SMILES string of the molecule is COC(=O)c1ncc(B2OC(C)(C)C(C)(C)O2)cc1C. The van der Waals surface area contributed by atoms with Crippen LogP contribution in [-0.2, 0) is 14.0 Å². The highest BCUT2D eigenvalue weighted by molar-refractivity contribution is 6.62. The number of nitrogens with zero attached hydrogens (tertiary/aromatic N) is 1. The lowest BCUT2D eigenvalue weighted by molar-refractivity contribution is 0.00578. The van der Waals surface area contributed by atoms with E-state index in [1.54, 1.807) is 6.20 Å². The summed E-state index contributed by atoms with van der Waals surface area (Å²) in [5.74, 6) is -0.442. The molecule has 1 aliphatic heterocycles. The second-order valence-corrected chi connectivity index (χ2v) is 6.01. The number of rotatable bonds is 2. The predicted molar refractivity (Wildman–Crippen MR) is 76.0 cm³/mol. The Kier molecular flexibility index (Phi) is 3.65. The first-order valence-corrected chi connectivity index (χ1v) is 6.58. The number of aryl methyl sites for hydroxylation is 1. The molecule has 0 saturated carbocycles. The van der Waals surface area contributed by atoms with E-state index in [-0.39, 0.29) is 0 Å². The summed E-state index contributed by atoms with van der Waals surface area (Å²) < 4.78 is 16.6. The first kappa shape index (κ1) is 15.0. The van der Waals surface area contributed by atoms with Crippen molar-refractivity contribution >= 4 is 18.6 Å². The lowest BCUT2D eigenvalue weighted by Crippen LogP contribution is -2.41. The maximum atomic E-state index is 11.5. The van der Waals surface area contributed by atoms with Crippen LogP contribution in [0.15, 0.2) is 12.3 Å². The van der Waals surface area contributed by atoms with Gasteiger partial charge in [0.05, 0.1) is 18.3 Å². The van der Waals surface area contributed by atoms with E-state index >= 15 is 0 Å². The number of methoxy groups -OCH3 is 1. The first-order chi connectivity index (χ1) is 9.18. The van der Waals surface area contributed by atoms with Crippen LogP contribution in [-0.4, -0.2) is 36.4 Å². The van der Waals surface area contributed by atoms with E-state index in [1.165, 1.54) is 7.11 Å². The number of esters is 1. The minimum Gasteiger partial charge on any atom is -0.464 e. The molecule has 0 radical (unpaired) electrons. The monoisotopic (exact) mass is 277 g/mol. The zero-order valence-electron chi connectivity index (χ0n) is 12.8. The van der Waals surface area contributed by atoms with Crippen molar-refractivity contribution in [2.75, 3.05) is 7.11 Å². The van der Waals surface area contributed by atoms with E-state index in [4.69, 9.17) is 9.31 Å². The molecule has 0 amide bonds. The van der Waals surface area contributed by atoms with Crippen LogP contribution in [0.5, 0.6) is 0 Å². The van der Waals surface area contributed by atoms with Gasteiger partial charge in [-0.1, -0.05) is 6.07 Å². The van der Waals surface area contributed by atoms with Gasteiger partial charge in [-0.25, -0.2) is 9.78 Å². The summed E-state index contributed by atoms with van der Waals surface area (Å²) in [5.41, 5.74) is 1.06. The summed E-state index contributed by atoms with van der Waals surface area (Å²) in [6.45, 7) is 9.80. The molecule has 2 heterocycles. The Morgan fingerprint density at radius 1 is 1.25 bits per heavy atom. The fraction of sp³-hybridized carbons (Fsp3) is 0.571. The molecule has 6 heteroatoms. The fourth-order valence-electron chi connectivity index (χ4n) is 2.01. The Morgan fingerprint density at radius 2 is 1.80 bits per heavy atom. The maximum Gasteiger partial charge on any atom is 0.496 e. The van der Waals surface area contributed by atoms with Crippen LogP contribution in [0.4, 0.5) is 0 Å². The summed E-state index contributed by atoms with van der Waals surface area (Å²) in [5, 5.41) is 0. The van der Waals surface area contributed by atoms with Crippen LogP contribution >= 0.6 is 0 Å². The van der Waals surface area contributed by atoms with Crippen LogP contribution < -0.4 is 5.46 Å². The van der Waals surface area contributed by atoms with Gasteiger partial charge in [0.1, 0.15) is 0 Å². The third kappa shape index (κ3) is 2.45. The van der Waals surface area contributed by atoms with Crippen molar-refractivity contribution < 1.29 is 18.8 Å². The second-order valence-electron chi connectivity index (χ2n) is 6.01. The Labute approximate surface area is 119 Å². The summed E-state index contributed by atoms with van der Waals surface area (Å²) in [4.78, 5) is 15.7. The molecule has 1 fully saturated rings. The largest absolute Gasteiger partial charge is 0.496 e. The number of carbonyl (C=O) groups is 1. The topological polar surface area (TPSA) is 57.7 Å². The van der Waals surface area contributed by atoms with Gasteiger partial charge >= 0.3 is 13.1 Å². The van der Waals surface area contributed by atoms with Gasteiger partial charge in [-0.05, 0) is 40.2 Å². The number of aromatic nitrogens is 1. The number of hydrogen-bond donors (Lipinski definition) is 0. The van der Waals surface area contributed by atoms with Crippen molar-refractivity contribution in [3.05, 3.63) is 23.5 Å². The second kappa shape index (κ2) is 4.86. The van der Waals surface area contributed by atoms with Crippen LogP contribution in [0.3, 0.4) is 0 Å². The van der Waals surface area contributed by atoms with Crippen molar-refractivity contribution in [2.24, 2.45) is 0 Å². The van der Waals surface area contributed by atoms with Crippen LogP contribution in [0.1, 0.15) is 43.7 Å². The summed E-state index contributed by atoms with van der Waals surface area (Å²) in [6, 6.07) is 1.85. The molecule has 0 N–H and O–H groups in total. The Bertz CT molecular complexity index is 526. The minimum absolute atomic E-state index is 0.313. The molecule has 0 unspecified atom stereocenters. The summed E-state index contributed by atoms with van der Waals surface area (Å²) in [7, 11) is 0.865. The van der Waals surface area contributed by atoms with Crippen LogP contribution in [0.25, 0.3) is 0 Å². The lowest BCUT2D eigenvalue weighted by Gasteiger charge is -2.32. The van der Waals surface area contributed by atoms with Gasteiger partial charge in [0, 0.05) is 11.7 Å². The van der Waals surface area contributed by atoms with Gasteiger partial charge in [-0.3, -0.25) is 0 Å². The zero-order chi connectivity index (χ0) is 15.1. The van der Waals surface area contributed by atoms with E-state index in [0.29, 0.717) is 5.69 Å². The molecule has 1 aromatic rings. The lowest BCUT2D eigenvalue weighted by atomic mass is 9.79. The number of ether oxygens (including phenoxy) is 1. The predicted octanol–water partition coefficient (Wildman–Crippen LogP) is 1.48. The van der Waals surface area contributed by atoms with Crippen molar-refractivity contribution in [2.45, 2.75) is 45.8 Å². The molecular weight excluding hydrogens is 257 g/mol. The van der Waals surface area contributed by atoms with Gasteiger partial charge in [0.25, 0.3) is 0 Å². The quantitative estimate of drug-likeness (QED) is 0.605. The van der Waals surface area contributed by atoms with E-state index in [1.807, 2.05) is 40.7 Å². The standard InChI is InChI=1S/C14H20BNO4/c1-9-7-10(8-16-11(9)12(17)18-6)15-19-13(2,3)14(4,5)20-15/h7-8H,1-6H3. The molecule has 0 aliphatic carbocycles. The van der Waals surface area contributed by atoms with Crippen molar-refractivity contribution in [1.29, 1.82) is 0 Å². The van der Waals surface area contributed by atoms with Crippen LogP contribution in [0.2, 0.25) is 0 Å². The van der Waals surface area contributed by atoms with E-state index in [9.17, 15) is 4.79 Å². The van der Waals surface area contributed by atoms with Gasteiger partial charge < -0.3 is 14.0 Å². The van der Waals surface area contributed by atoms with Crippen molar-refractivity contribution in [3.63, 3.8) is 0 Å². The molecule has 0 bridgehead atoms. The molecule has 0 atom stereocenters. The highest BCUT2D eigenvalue weighted by Crippen LogP contribution is 2.36. The number of hydrogen-bond acceptors (Lipinski definition) is 5. The minimum atomic E-state index is -0.474. The number of pyridine rings is 1. The first-order valence-electron chi connectivity index (χ1n) is 6.58. The molecular formula is C14H20BNO4. The zero-order valence-corrected chi connectivity index (χ0v) is 12.8. The third-order valence-electron chi connectivity index (χ3n) is 4.00. The Balaban J connectivity index is 2.28. The smallest absolute Gasteiger partial charge is 0.464 e. The molecule has 1 aliphatic rings. The maximum absolute atomic E-state index is 11.5. The van der Waals surface area contributed by atoms with Gasteiger partial charge in [0.2, 0.25) is 0 Å². The molecule has 0 aromatic carbocycles. The molecule has 20 heavy (non-hydrogen) atoms. The fourth-order valence-corrected chi connectivity index (χ4v) is 2.01. The molecule has 0 spiro atoms. The van der Waals surface area contributed by atoms with Crippen LogP contribution in [0, 0.1) is 6.92 Å². The highest BCUT2D eigenvalue weighted by atomic mass is 16.7. The average Bonchev–Trinajstić information content (AvgIpc) is 2.57. The van der Waals surface area contributed by atoms with E-state index in [2.05, 4.69) is 9.72 Å². The normalized spacial score (nSPS) is 20.0. The molecule has 1 aromatic heterocycles. The van der Waals surface area contributed by atoms with Gasteiger partial charge in [-0.15, -0.1) is 0 Å². The van der Waals surface area contributed by atoms with Gasteiger partial charge in [-0.2, -0.15) is 0 Å². The molecule has 2 rings (SSSR count). The summed E-state index contributed by atoms with van der Waals surface area (Å²) >= 11 is 0. The highest BCUT2D eigenvalue weighted by Gasteiger charge is 2.51. The Hall–Kier alpha value is -1.40. The van der Waals surface area contributed by atoms with Crippen molar-refractivity contribution in [1.82, 2.24) is 4.98 Å². The average molecular weight is 277 g/mol. The summed E-state index contributed by atoms with van der Waals surface area (Å²) in [6.07, 6.45) is 1.60. The number of carbonyl (C=O) groups excluding carboxylic acids is 1. The Morgan fingerprint density at radius 3 is 2.25 bits per heavy atom. The third-order valence-corrected chi connectivity index (χ3v) is 4.00. The molecule has 108 valence electrons. The molecule has 5 nitrogen and oxygen atoms in total. The van der Waals surface area contributed by atoms with Crippen molar-refractivity contribution in [3.8, 4) is 0 Å². The molecule has 1 saturated heterocycles. The van der Waals surface area contributed by atoms with E-state index in [0.717, 1.165) is 11.0 Å². The van der Waals surface area contributed by atoms with E-state index < -0.39 is 24.3 Å².